The summed E-state index contributed by atoms with van der Waals surface area (Å²) in [5, 5.41) is 3.91. The smallest absolute Gasteiger partial charge is 0.227 e. The molecule has 1 aliphatic rings. The lowest BCUT2D eigenvalue weighted by Gasteiger charge is -2.24. The minimum Gasteiger partial charge on any atom is -0.384 e. The zero-order valence-corrected chi connectivity index (χ0v) is 13.7. The zero-order valence-electron chi connectivity index (χ0n) is 13.7. The van der Waals surface area contributed by atoms with Crippen LogP contribution in [-0.2, 0) is 11.2 Å². The van der Waals surface area contributed by atoms with Gasteiger partial charge in [-0.05, 0) is 33.6 Å². The fourth-order valence-electron chi connectivity index (χ4n) is 3.17. The lowest BCUT2D eigenvalue weighted by atomic mass is 10.1. The second-order valence-corrected chi connectivity index (χ2v) is 5.99. The maximum Gasteiger partial charge on any atom is 0.227 e. The van der Waals surface area contributed by atoms with Gasteiger partial charge in [-0.2, -0.15) is 0 Å². The summed E-state index contributed by atoms with van der Waals surface area (Å²) in [6, 6.07) is 1.73. The van der Waals surface area contributed by atoms with Gasteiger partial charge in [0.25, 0.3) is 0 Å². The van der Waals surface area contributed by atoms with Gasteiger partial charge in [0.15, 0.2) is 0 Å². The topological polar surface area (TPSA) is 98.1 Å². The Hall–Kier alpha value is -2.44. The Labute approximate surface area is 134 Å². The van der Waals surface area contributed by atoms with Gasteiger partial charge in [0, 0.05) is 18.2 Å². The molecule has 3 heterocycles. The monoisotopic (exact) mass is 315 g/mol. The average molecular weight is 315 g/mol. The summed E-state index contributed by atoms with van der Waals surface area (Å²) in [6.07, 6.45) is 2.15. The minimum absolute atomic E-state index is 0.0352. The van der Waals surface area contributed by atoms with E-state index in [1.807, 2.05) is 25.7 Å². The van der Waals surface area contributed by atoms with Gasteiger partial charge in [0.1, 0.15) is 17.4 Å². The highest BCUT2D eigenvalue weighted by Gasteiger charge is 2.32. The van der Waals surface area contributed by atoms with E-state index in [1.54, 1.807) is 6.07 Å². The first-order chi connectivity index (χ1) is 11.0. The third kappa shape index (κ3) is 3.04. The number of amides is 1. The highest BCUT2D eigenvalue weighted by molar-refractivity contribution is 5.80. The van der Waals surface area contributed by atoms with Crippen LogP contribution in [0.2, 0.25) is 0 Å². The van der Waals surface area contributed by atoms with Crippen molar-refractivity contribution >= 4 is 11.7 Å². The SMILES string of the molecule is Cc1nc(N)cc([C@@H]2CCCN2C(=O)Cc2c(C)noc2C)n1. The summed E-state index contributed by atoms with van der Waals surface area (Å²) in [5.41, 5.74) is 8.29. The van der Waals surface area contributed by atoms with Crippen LogP contribution < -0.4 is 5.73 Å². The van der Waals surface area contributed by atoms with E-state index >= 15 is 0 Å². The first kappa shape index (κ1) is 15.5. The fraction of sp³-hybridized carbons (Fsp3) is 0.500. The fourth-order valence-corrected chi connectivity index (χ4v) is 3.17. The quantitative estimate of drug-likeness (QED) is 0.928. The molecule has 2 aromatic rings. The number of rotatable bonds is 3. The number of nitrogens with two attached hydrogens (primary N) is 1. The van der Waals surface area contributed by atoms with Gasteiger partial charge in [-0.3, -0.25) is 4.79 Å². The molecule has 1 fully saturated rings. The van der Waals surface area contributed by atoms with Crippen LogP contribution in [0.5, 0.6) is 0 Å². The van der Waals surface area contributed by atoms with E-state index < -0.39 is 0 Å². The normalized spacial score (nSPS) is 17.7. The summed E-state index contributed by atoms with van der Waals surface area (Å²) >= 11 is 0. The van der Waals surface area contributed by atoms with Gasteiger partial charge >= 0.3 is 0 Å². The summed E-state index contributed by atoms with van der Waals surface area (Å²) < 4.78 is 5.14. The van der Waals surface area contributed by atoms with Crippen molar-refractivity contribution < 1.29 is 9.32 Å². The number of nitrogens with zero attached hydrogens (tertiary/aromatic N) is 4. The lowest BCUT2D eigenvalue weighted by Crippen LogP contribution is -2.32. The van der Waals surface area contributed by atoms with Crippen molar-refractivity contribution in [2.45, 2.75) is 46.1 Å². The molecule has 1 amide bonds. The van der Waals surface area contributed by atoms with Crippen molar-refractivity contribution in [1.82, 2.24) is 20.0 Å². The Balaban J connectivity index is 1.82. The van der Waals surface area contributed by atoms with Crippen LogP contribution in [0.25, 0.3) is 0 Å². The molecule has 122 valence electrons. The van der Waals surface area contributed by atoms with E-state index in [1.165, 1.54) is 0 Å². The second-order valence-electron chi connectivity index (χ2n) is 5.99. The van der Waals surface area contributed by atoms with Crippen molar-refractivity contribution in [1.29, 1.82) is 0 Å². The van der Waals surface area contributed by atoms with Crippen LogP contribution in [0, 0.1) is 20.8 Å². The van der Waals surface area contributed by atoms with Gasteiger partial charge < -0.3 is 15.2 Å². The van der Waals surface area contributed by atoms with Crippen LogP contribution in [0.4, 0.5) is 5.82 Å². The third-order valence-electron chi connectivity index (χ3n) is 4.30. The van der Waals surface area contributed by atoms with Crippen molar-refractivity contribution in [2.24, 2.45) is 0 Å². The molecule has 23 heavy (non-hydrogen) atoms. The molecule has 0 unspecified atom stereocenters. The van der Waals surface area contributed by atoms with Crippen LogP contribution in [0.15, 0.2) is 10.6 Å². The lowest BCUT2D eigenvalue weighted by molar-refractivity contribution is -0.131. The Kier molecular flexibility index (Phi) is 4.02. The molecule has 0 aliphatic carbocycles. The van der Waals surface area contributed by atoms with Gasteiger partial charge in [-0.25, -0.2) is 9.97 Å². The zero-order chi connectivity index (χ0) is 16.6. The van der Waals surface area contributed by atoms with Crippen LogP contribution >= 0.6 is 0 Å². The summed E-state index contributed by atoms with van der Waals surface area (Å²) in [7, 11) is 0. The largest absolute Gasteiger partial charge is 0.384 e. The molecule has 1 atom stereocenters. The maximum absolute atomic E-state index is 12.8. The predicted octanol–water partition coefficient (Wildman–Crippen LogP) is 1.88. The highest BCUT2D eigenvalue weighted by Crippen LogP contribution is 2.32. The van der Waals surface area contributed by atoms with Gasteiger partial charge in [-0.15, -0.1) is 0 Å². The number of hydrogen-bond acceptors (Lipinski definition) is 6. The number of carbonyl (C=O) groups excluding carboxylic acids is 1. The van der Waals surface area contributed by atoms with Crippen LogP contribution in [-0.4, -0.2) is 32.5 Å². The number of hydrogen-bond donors (Lipinski definition) is 1. The molecule has 0 aromatic carbocycles. The number of aromatic nitrogens is 3. The van der Waals surface area contributed by atoms with E-state index in [2.05, 4.69) is 15.1 Å². The van der Waals surface area contributed by atoms with Crippen molar-refractivity contribution in [3.05, 3.63) is 34.6 Å². The van der Waals surface area contributed by atoms with Gasteiger partial charge in [0.2, 0.25) is 5.91 Å². The maximum atomic E-state index is 12.8. The number of carbonyl (C=O) groups is 1. The molecule has 0 spiro atoms. The van der Waals surface area contributed by atoms with Crippen molar-refractivity contribution in [3.8, 4) is 0 Å². The highest BCUT2D eigenvalue weighted by atomic mass is 16.5. The predicted molar refractivity (Wildman–Crippen MR) is 84.6 cm³/mol. The Morgan fingerprint density at radius 2 is 2.17 bits per heavy atom. The van der Waals surface area contributed by atoms with E-state index in [4.69, 9.17) is 10.3 Å². The first-order valence-corrected chi connectivity index (χ1v) is 7.78. The molecule has 0 radical (unpaired) electrons. The molecule has 0 bridgehead atoms. The molecular formula is C16H21N5O2. The van der Waals surface area contributed by atoms with Crippen LogP contribution in [0.1, 0.15) is 47.4 Å². The molecule has 0 saturated carbocycles. The summed E-state index contributed by atoms with van der Waals surface area (Å²) in [6.45, 7) is 6.23. The van der Waals surface area contributed by atoms with Gasteiger partial charge in [-0.1, -0.05) is 5.16 Å². The first-order valence-electron chi connectivity index (χ1n) is 7.78. The van der Waals surface area contributed by atoms with Crippen molar-refractivity contribution in [2.75, 3.05) is 12.3 Å². The number of aryl methyl sites for hydroxylation is 3. The molecule has 7 nitrogen and oxygen atoms in total. The van der Waals surface area contributed by atoms with Crippen molar-refractivity contribution in [3.63, 3.8) is 0 Å². The summed E-state index contributed by atoms with van der Waals surface area (Å²) in [5.74, 6) is 1.84. The molecule has 2 aromatic heterocycles. The third-order valence-corrected chi connectivity index (χ3v) is 4.30. The van der Waals surface area contributed by atoms with E-state index in [0.29, 0.717) is 23.8 Å². The number of likely N-dealkylation sites (tertiary alicyclic amines) is 1. The second kappa shape index (κ2) is 5.98. The standard InChI is InChI=1S/C16H21N5O2/c1-9-12(10(2)23-20-9)7-16(22)21-6-4-5-14(21)13-8-15(17)19-11(3)18-13/h8,14H,4-7H2,1-3H3,(H2,17,18,19)/t14-/m0/s1. The number of anilines is 1. The molecule has 1 aliphatic heterocycles. The molecular weight excluding hydrogens is 294 g/mol. The Morgan fingerprint density at radius 1 is 1.39 bits per heavy atom. The van der Waals surface area contributed by atoms with Crippen LogP contribution in [0.3, 0.4) is 0 Å². The molecule has 2 N–H and O–H groups in total. The minimum atomic E-state index is -0.0352. The van der Waals surface area contributed by atoms with E-state index in [9.17, 15) is 4.79 Å². The van der Waals surface area contributed by atoms with E-state index in [0.717, 1.165) is 36.3 Å². The molecule has 7 heteroatoms. The van der Waals surface area contributed by atoms with Gasteiger partial charge in [0.05, 0.1) is 23.9 Å². The Morgan fingerprint density at radius 3 is 2.83 bits per heavy atom. The average Bonchev–Trinajstić information content (AvgIpc) is 3.08. The molecule has 3 rings (SSSR count). The van der Waals surface area contributed by atoms with E-state index in [-0.39, 0.29) is 11.9 Å². The number of nitrogen functional groups attached to an aromatic ring is 1. The Bertz CT molecular complexity index is 700. The molecule has 1 saturated heterocycles. The summed E-state index contributed by atoms with van der Waals surface area (Å²) in [4.78, 5) is 23.2.